The first-order chi connectivity index (χ1) is 15.4. The molecule has 1 aliphatic heterocycles. The summed E-state index contributed by atoms with van der Waals surface area (Å²) in [5, 5.41) is 26.4. The zero-order valence-corrected chi connectivity index (χ0v) is 17.8. The van der Waals surface area contributed by atoms with E-state index in [2.05, 4.69) is 5.32 Å². The number of carbonyl (C=O) groups excluding carboxylic acids is 2. The number of nitrogens with one attached hydrogen (secondary N) is 1. The molecule has 32 heavy (non-hydrogen) atoms. The van der Waals surface area contributed by atoms with Crippen molar-refractivity contribution in [3.05, 3.63) is 83.9 Å². The van der Waals surface area contributed by atoms with Crippen molar-refractivity contribution in [3.8, 4) is 0 Å². The number of hydroxylamine groups is 2. The number of benzene rings is 3. The standard InChI is InChI=1S/C25H26N2O5/c1-25(15-27(31)24(30)18-9-3-2-4-10-18)16-32-21(22(25)28)14-26-23(29)20-13-7-11-17-8-5-6-12-19(17)20/h2-13,21-22,28,31H,14-16H2,1H3,(H,26,29)/t21-,22-,25-/m1/s1. The molecule has 3 atom stereocenters. The Bertz CT molecular complexity index is 1110. The molecule has 3 N–H and O–H groups in total. The Balaban J connectivity index is 1.38. The maximum absolute atomic E-state index is 12.8. The van der Waals surface area contributed by atoms with Gasteiger partial charge >= 0.3 is 0 Å². The SMILES string of the molecule is C[C@@]1(CN(O)C(=O)c2ccccc2)CO[C@H](CNC(=O)c2cccc3ccccc23)[C@H]1O. The van der Waals surface area contributed by atoms with E-state index in [9.17, 15) is 19.9 Å². The van der Waals surface area contributed by atoms with Crippen LogP contribution in [-0.4, -0.2) is 59.1 Å². The minimum Gasteiger partial charge on any atom is -0.390 e. The highest BCUT2D eigenvalue weighted by molar-refractivity contribution is 6.07. The largest absolute Gasteiger partial charge is 0.390 e. The first-order valence-corrected chi connectivity index (χ1v) is 10.5. The molecule has 0 saturated carbocycles. The molecule has 0 spiro atoms. The topological polar surface area (TPSA) is 99.1 Å². The Hall–Kier alpha value is -3.26. The number of aliphatic hydroxyl groups excluding tert-OH is 1. The molecule has 1 heterocycles. The quantitative estimate of drug-likeness (QED) is 0.409. The smallest absolute Gasteiger partial charge is 0.277 e. The molecular formula is C25H26N2O5. The van der Waals surface area contributed by atoms with Crippen LogP contribution >= 0.6 is 0 Å². The Labute approximate surface area is 186 Å². The molecule has 4 rings (SSSR count). The van der Waals surface area contributed by atoms with E-state index < -0.39 is 23.5 Å². The summed E-state index contributed by atoms with van der Waals surface area (Å²) in [7, 11) is 0. The second kappa shape index (κ2) is 9.08. The summed E-state index contributed by atoms with van der Waals surface area (Å²) in [6.07, 6.45) is -1.63. The molecule has 1 saturated heterocycles. The molecule has 2 amide bonds. The van der Waals surface area contributed by atoms with Crippen molar-refractivity contribution in [2.75, 3.05) is 19.7 Å². The summed E-state index contributed by atoms with van der Waals surface area (Å²) in [4.78, 5) is 25.2. The fourth-order valence-corrected chi connectivity index (χ4v) is 4.09. The lowest BCUT2D eigenvalue weighted by Gasteiger charge is -2.31. The first kappa shape index (κ1) is 22.0. The van der Waals surface area contributed by atoms with Crippen LogP contribution in [0.3, 0.4) is 0 Å². The molecule has 7 heteroatoms. The molecule has 3 aromatic carbocycles. The van der Waals surface area contributed by atoms with E-state index in [1.807, 2.05) is 36.4 Å². The van der Waals surface area contributed by atoms with Gasteiger partial charge in [0.25, 0.3) is 11.8 Å². The third kappa shape index (κ3) is 4.36. The number of ether oxygens (including phenoxy) is 1. The molecule has 166 valence electrons. The maximum atomic E-state index is 12.8. The van der Waals surface area contributed by atoms with Crippen LogP contribution in [0.1, 0.15) is 27.6 Å². The van der Waals surface area contributed by atoms with Gasteiger partial charge in [0.15, 0.2) is 0 Å². The second-order valence-electron chi connectivity index (χ2n) is 8.41. The minimum absolute atomic E-state index is 0.102. The number of carbonyl (C=O) groups is 2. The molecule has 0 aromatic heterocycles. The van der Waals surface area contributed by atoms with Gasteiger partial charge in [-0.1, -0.05) is 61.5 Å². The Morgan fingerprint density at radius 2 is 1.75 bits per heavy atom. The summed E-state index contributed by atoms with van der Waals surface area (Å²) in [6, 6.07) is 21.6. The minimum atomic E-state index is -0.978. The summed E-state index contributed by atoms with van der Waals surface area (Å²) < 4.78 is 5.73. The van der Waals surface area contributed by atoms with E-state index in [0.717, 1.165) is 10.8 Å². The van der Waals surface area contributed by atoms with E-state index in [1.54, 1.807) is 43.3 Å². The summed E-state index contributed by atoms with van der Waals surface area (Å²) >= 11 is 0. The zero-order valence-electron chi connectivity index (χ0n) is 17.8. The van der Waals surface area contributed by atoms with E-state index in [0.29, 0.717) is 16.2 Å². The molecule has 7 nitrogen and oxygen atoms in total. The summed E-state index contributed by atoms with van der Waals surface area (Å²) in [6.45, 7) is 1.89. The number of aliphatic hydroxyl groups is 1. The monoisotopic (exact) mass is 434 g/mol. The molecule has 3 aromatic rings. The van der Waals surface area contributed by atoms with Crippen LogP contribution in [0.15, 0.2) is 72.8 Å². The van der Waals surface area contributed by atoms with Crippen molar-refractivity contribution in [1.29, 1.82) is 0 Å². The Morgan fingerprint density at radius 3 is 2.53 bits per heavy atom. The predicted octanol–water partition coefficient (Wildman–Crippen LogP) is 2.87. The number of rotatable bonds is 6. The lowest BCUT2D eigenvalue weighted by molar-refractivity contribution is -0.0940. The van der Waals surface area contributed by atoms with Crippen LogP contribution < -0.4 is 5.32 Å². The van der Waals surface area contributed by atoms with Gasteiger partial charge in [0.2, 0.25) is 0 Å². The molecule has 1 fully saturated rings. The van der Waals surface area contributed by atoms with Crippen LogP contribution in [-0.2, 0) is 4.74 Å². The van der Waals surface area contributed by atoms with Gasteiger partial charge in [-0.15, -0.1) is 0 Å². The van der Waals surface area contributed by atoms with Crippen molar-refractivity contribution < 1.29 is 24.6 Å². The van der Waals surface area contributed by atoms with Gasteiger partial charge < -0.3 is 15.2 Å². The number of hydrogen-bond donors (Lipinski definition) is 3. The summed E-state index contributed by atoms with van der Waals surface area (Å²) in [5.74, 6) is -0.805. The molecular weight excluding hydrogens is 408 g/mol. The Kier molecular flexibility index (Phi) is 6.23. The maximum Gasteiger partial charge on any atom is 0.277 e. The third-order valence-electron chi connectivity index (χ3n) is 5.96. The van der Waals surface area contributed by atoms with Gasteiger partial charge in [0.1, 0.15) is 6.10 Å². The lowest BCUT2D eigenvalue weighted by Crippen LogP contribution is -2.47. The second-order valence-corrected chi connectivity index (χ2v) is 8.41. The number of amides is 2. The molecule has 0 bridgehead atoms. The van der Waals surface area contributed by atoms with Gasteiger partial charge in [0.05, 0.1) is 19.3 Å². The van der Waals surface area contributed by atoms with Gasteiger partial charge in [0, 0.05) is 23.1 Å². The van der Waals surface area contributed by atoms with E-state index in [4.69, 9.17) is 4.74 Å². The molecule has 0 unspecified atom stereocenters. The van der Waals surface area contributed by atoms with Gasteiger partial charge in [-0.2, -0.15) is 0 Å². The van der Waals surface area contributed by atoms with E-state index in [1.165, 1.54) is 0 Å². The number of fused-ring (bicyclic) bond motifs is 1. The zero-order chi connectivity index (χ0) is 22.7. The summed E-state index contributed by atoms with van der Waals surface area (Å²) in [5.41, 5.74) is 0.0212. The highest BCUT2D eigenvalue weighted by Crippen LogP contribution is 2.33. The third-order valence-corrected chi connectivity index (χ3v) is 5.96. The van der Waals surface area contributed by atoms with Crippen LogP contribution in [0.2, 0.25) is 0 Å². The first-order valence-electron chi connectivity index (χ1n) is 10.5. The number of hydrogen-bond acceptors (Lipinski definition) is 5. The van der Waals surface area contributed by atoms with Crippen molar-refractivity contribution >= 4 is 22.6 Å². The molecule has 0 aliphatic carbocycles. The van der Waals surface area contributed by atoms with Crippen LogP contribution in [0.4, 0.5) is 0 Å². The van der Waals surface area contributed by atoms with Crippen molar-refractivity contribution in [3.63, 3.8) is 0 Å². The predicted molar refractivity (Wildman–Crippen MR) is 119 cm³/mol. The average molecular weight is 434 g/mol. The van der Waals surface area contributed by atoms with Crippen molar-refractivity contribution in [2.45, 2.75) is 19.1 Å². The lowest BCUT2D eigenvalue weighted by atomic mass is 9.84. The number of nitrogens with zero attached hydrogens (tertiary/aromatic N) is 1. The highest BCUT2D eigenvalue weighted by Gasteiger charge is 2.47. The van der Waals surface area contributed by atoms with Crippen LogP contribution in [0.5, 0.6) is 0 Å². The van der Waals surface area contributed by atoms with Crippen LogP contribution in [0, 0.1) is 5.41 Å². The van der Waals surface area contributed by atoms with E-state index in [-0.39, 0.29) is 25.6 Å². The van der Waals surface area contributed by atoms with Crippen LogP contribution in [0.25, 0.3) is 10.8 Å². The highest BCUT2D eigenvalue weighted by atomic mass is 16.5. The van der Waals surface area contributed by atoms with Gasteiger partial charge in [-0.05, 0) is 29.0 Å². The Morgan fingerprint density at radius 1 is 1.06 bits per heavy atom. The van der Waals surface area contributed by atoms with Crippen molar-refractivity contribution in [2.24, 2.45) is 5.41 Å². The molecule has 0 radical (unpaired) electrons. The average Bonchev–Trinajstić information content (AvgIpc) is 3.10. The normalized spacial score (nSPS) is 22.6. The van der Waals surface area contributed by atoms with Gasteiger partial charge in [-0.3, -0.25) is 14.8 Å². The van der Waals surface area contributed by atoms with Crippen molar-refractivity contribution in [1.82, 2.24) is 10.4 Å². The molecule has 1 aliphatic rings. The van der Waals surface area contributed by atoms with Gasteiger partial charge in [-0.25, -0.2) is 5.06 Å². The fourth-order valence-electron chi connectivity index (χ4n) is 4.09. The fraction of sp³-hybridized carbons (Fsp3) is 0.280. The van der Waals surface area contributed by atoms with E-state index >= 15 is 0 Å².